The van der Waals surface area contributed by atoms with Crippen LogP contribution in [0.3, 0.4) is 0 Å². The Morgan fingerprint density at radius 1 is 1.18 bits per heavy atom. The van der Waals surface area contributed by atoms with E-state index in [9.17, 15) is 9.18 Å². The van der Waals surface area contributed by atoms with Crippen LogP contribution in [0.25, 0.3) is 0 Å². The summed E-state index contributed by atoms with van der Waals surface area (Å²) in [5.74, 6) is 1.49. The van der Waals surface area contributed by atoms with Crippen LogP contribution < -0.4 is 5.32 Å². The topological polar surface area (TPSA) is 32.3 Å². The van der Waals surface area contributed by atoms with Gasteiger partial charge in [-0.25, -0.2) is 4.39 Å². The molecule has 2 aromatic carbocycles. The van der Waals surface area contributed by atoms with Crippen LogP contribution in [-0.2, 0) is 17.1 Å². The van der Waals surface area contributed by atoms with Crippen LogP contribution in [0.1, 0.15) is 24.0 Å². The zero-order valence-electron chi connectivity index (χ0n) is 15.9. The molecule has 0 radical (unpaired) electrons. The Labute approximate surface area is 175 Å². The average molecular weight is 421 g/mol. The van der Waals surface area contributed by atoms with Crippen molar-refractivity contribution in [2.24, 2.45) is 5.92 Å². The number of carbonyl (C=O) groups excluding carboxylic acids is 1. The maximum absolute atomic E-state index is 13.6. The number of rotatable bonds is 8. The smallest absolute Gasteiger partial charge is 0.223 e. The van der Waals surface area contributed by atoms with Crippen LogP contribution in [0.15, 0.2) is 48.5 Å². The largest absolute Gasteiger partial charge is 0.355 e. The molecule has 1 amide bonds. The Balaban J connectivity index is 1.31. The van der Waals surface area contributed by atoms with E-state index in [1.165, 1.54) is 11.6 Å². The van der Waals surface area contributed by atoms with Crippen LogP contribution in [0, 0.1) is 11.7 Å². The average Bonchev–Trinajstić information content (AvgIpc) is 2.69. The molecular formula is C22H26ClFN2OS. The number of hydrogen-bond donors (Lipinski definition) is 1. The Morgan fingerprint density at radius 2 is 1.96 bits per heavy atom. The number of carbonyl (C=O) groups is 1. The molecular weight excluding hydrogens is 395 g/mol. The van der Waals surface area contributed by atoms with E-state index >= 15 is 0 Å². The molecule has 1 N–H and O–H groups in total. The lowest BCUT2D eigenvalue weighted by atomic mass is 9.95. The molecule has 28 heavy (non-hydrogen) atoms. The highest BCUT2D eigenvalue weighted by Crippen LogP contribution is 2.20. The lowest BCUT2D eigenvalue weighted by Gasteiger charge is -2.31. The first-order valence-electron chi connectivity index (χ1n) is 9.67. The molecule has 3 nitrogen and oxygen atoms in total. The second-order valence-corrected chi connectivity index (χ2v) is 8.66. The fourth-order valence-corrected chi connectivity index (χ4v) is 4.49. The van der Waals surface area contributed by atoms with E-state index in [-0.39, 0.29) is 17.6 Å². The third-order valence-electron chi connectivity index (χ3n) is 5.01. The Bertz CT molecular complexity index is 781. The number of hydrogen-bond acceptors (Lipinski definition) is 3. The highest BCUT2D eigenvalue weighted by Gasteiger charge is 2.24. The molecule has 0 bridgehead atoms. The first kappa shape index (κ1) is 21.2. The summed E-state index contributed by atoms with van der Waals surface area (Å²) in [4.78, 5) is 14.8. The molecule has 150 valence electrons. The van der Waals surface area contributed by atoms with Gasteiger partial charge in [-0.15, -0.1) is 0 Å². The molecule has 1 saturated heterocycles. The van der Waals surface area contributed by atoms with E-state index in [0.717, 1.165) is 43.3 Å². The second kappa shape index (κ2) is 10.8. The summed E-state index contributed by atoms with van der Waals surface area (Å²) in [6, 6.07) is 14.8. The van der Waals surface area contributed by atoms with Crippen molar-refractivity contribution in [3.8, 4) is 0 Å². The van der Waals surface area contributed by atoms with E-state index in [0.29, 0.717) is 17.9 Å². The number of likely N-dealkylation sites (tertiary alicyclic amines) is 1. The molecule has 0 aromatic heterocycles. The summed E-state index contributed by atoms with van der Waals surface area (Å²) in [7, 11) is 0. The molecule has 2 aromatic rings. The molecule has 0 unspecified atom stereocenters. The summed E-state index contributed by atoms with van der Waals surface area (Å²) < 4.78 is 13.6. The van der Waals surface area contributed by atoms with E-state index in [2.05, 4.69) is 16.3 Å². The second-order valence-electron chi connectivity index (χ2n) is 7.12. The quantitative estimate of drug-likeness (QED) is 0.626. The molecule has 1 aliphatic rings. The third kappa shape index (κ3) is 6.50. The predicted molar refractivity (Wildman–Crippen MR) is 115 cm³/mol. The minimum absolute atomic E-state index is 0.0900. The summed E-state index contributed by atoms with van der Waals surface area (Å²) in [6.45, 7) is 3.35. The van der Waals surface area contributed by atoms with Crippen LogP contribution >= 0.6 is 23.4 Å². The van der Waals surface area contributed by atoms with Gasteiger partial charge >= 0.3 is 0 Å². The first-order chi connectivity index (χ1) is 13.6. The molecule has 0 spiro atoms. The van der Waals surface area contributed by atoms with Gasteiger partial charge in [0.1, 0.15) is 5.82 Å². The van der Waals surface area contributed by atoms with Crippen molar-refractivity contribution in [2.45, 2.75) is 25.1 Å². The Kier molecular flexibility index (Phi) is 8.19. The van der Waals surface area contributed by atoms with Gasteiger partial charge in [0.25, 0.3) is 0 Å². The van der Waals surface area contributed by atoms with Crippen molar-refractivity contribution >= 4 is 29.3 Å². The number of piperidine rings is 1. The van der Waals surface area contributed by atoms with Gasteiger partial charge in [-0.05, 0) is 55.3 Å². The van der Waals surface area contributed by atoms with Gasteiger partial charge in [-0.2, -0.15) is 11.8 Å². The number of halogens is 2. The molecule has 0 atom stereocenters. The maximum Gasteiger partial charge on any atom is 0.223 e. The van der Waals surface area contributed by atoms with Crippen LogP contribution in [0.5, 0.6) is 0 Å². The highest BCUT2D eigenvalue weighted by molar-refractivity contribution is 7.98. The van der Waals surface area contributed by atoms with Crippen molar-refractivity contribution in [1.29, 1.82) is 0 Å². The summed E-state index contributed by atoms with van der Waals surface area (Å²) in [5, 5.41) is 3.80. The van der Waals surface area contributed by atoms with E-state index in [1.54, 1.807) is 23.9 Å². The van der Waals surface area contributed by atoms with Crippen molar-refractivity contribution in [3.05, 3.63) is 70.5 Å². The van der Waals surface area contributed by atoms with Gasteiger partial charge in [0.05, 0.1) is 0 Å². The fourth-order valence-electron chi connectivity index (χ4n) is 3.44. The van der Waals surface area contributed by atoms with E-state index < -0.39 is 0 Å². The van der Waals surface area contributed by atoms with E-state index in [4.69, 9.17) is 11.6 Å². The Hall–Kier alpha value is -1.56. The number of thioether (sulfide) groups is 1. The molecule has 0 aliphatic carbocycles. The van der Waals surface area contributed by atoms with Crippen LogP contribution in [0.2, 0.25) is 5.02 Å². The first-order valence-corrected chi connectivity index (χ1v) is 11.2. The van der Waals surface area contributed by atoms with Crippen molar-refractivity contribution in [3.63, 3.8) is 0 Å². The summed E-state index contributed by atoms with van der Waals surface area (Å²) in [5.41, 5.74) is 1.92. The lowest BCUT2D eigenvalue weighted by molar-refractivity contribution is -0.126. The van der Waals surface area contributed by atoms with Crippen LogP contribution in [-0.4, -0.2) is 36.2 Å². The fraction of sp³-hybridized carbons (Fsp3) is 0.409. The van der Waals surface area contributed by atoms with Gasteiger partial charge in [-0.3, -0.25) is 9.69 Å². The van der Waals surface area contributed by atoms with Crippen molar-refractivity contribution in [1.82, 2.24) is 10.2 Å². The third-order valence-corrected chi connectivity index (χ3v) is 6.26. The molecule has 1 aliphatic heterocycles. The van der Waals surface area contributed by atoms with Gasteiger partial charge in [0, 0.05) is 35.5 Å². The van der Waals surface area contributed by atoms with Gasteiger partial charge in [-0.1, -0.05) is 41.9 Å². The monoisotopic (exact) mass is 420 g/mol. The lowest BCUT2D eigenvalue weighted by Crippen LogP contribution is -2.40. The van der Waals surface area contributed by atoms with Gasteiger partial charge < -0.3 is 5.32 Å². The van der Waals surface area contributed by atoms with Gasteiger partial charge in [0.2, 0.25) is 5.91 Å². The van der Waals surface area contributed by atoms with Crippen LogP contribution in [0.4, 0.5) is 4.39 Å². The number of nitrogens with zero attached hydrogens (tertiary/aromatic N) is 1. The molecule has 1 fully saturated rings. The number of amides is 1. The maximum atomic E-state index is 13.6. The predicted octanol–water partition coefficient (Wildman–Crippen LogP) is 4.74. The zero-order valence-corrected chi connectivity index (χ0v) is 17.4. The number of nitrogens with one attached hydrogen (secondary N) is 1. The van der Waals surface area contributed by atoms with Crippen molar-refractivity contribution < 1.29 is 9.18 Å². The minimum Gasteiger partial charge on any atom is -0.355 e. The number of benzene rings is 2. The summed E-state index contributed by atoms with van der Waals surface area (Å²) >= 11 is 7.69. The zero-order chi connectivity index (χ0) is 19.8. The molecule has 1 heterocycles. The standard InChI is InChI=1S/C22H26ClFN2OS/c23-20-6-3-4-17(14-20)15-26-11-8-18(9-12-26)22(27)25-10-13-28-16-19-5-1-2-7-21(19)24/h1-7,14,18H,8-13,15-16H2,(H,25,27). The highest BCUT2D eigenvalue weighted by atomic mass is 35.5. The minimum atomic E-state index is -0.163. The summed E-state index contributed by atoms with van der Waals surface area (Å²) in [6.07, 6.45) is 1.77. The normalized spacial score (nSPS) is 15.5. The molecule has 6 heteroatoms. The van der Waals surface area contributed by atoms with Gasteiger partial charge in [0.15, 0.2) is 0 Å². The Morgan fingerprint density at radius 3 is 2.71 bits per heavy atom. The molecule has 3 rings (SSSR count). The van der Waals surface area contributed by atoms with E-state index in [1.807, 2.05) is 24.3 Å². The van der Waals surface area contributed by atoms with Crippen molar-refractivity contribution in [2.75, 3.05) is 25.4 Å². The SMILES string of the molecule is O=C(NCCSCc1ccccc1F)C1CCN(Cc2cccc(Cl)c2)CC1. The molecule has 0 saturated carbocycles.